The largest absolute Gasteiger partial charge is 0.433 e. The smallest absolute Gasteiger partial charge is 0.396 e. The molecule has 0 atom stereocenters. The fourth-order valence-electron chi connectivity index (χ4n) is 1.52. The molecule has 0 aliphatic heterocycles. The van der Waals surface area contributed by atoms with E-state index in [1.807, 2.05) is 0 Å². The van der Waals surface area contributed by atoms with Crippen LogP contribution in [-0.2, 0) is 19.8 Å². The minimum absolute atomic E-state index is 0.155. The quantitative estimate of drug-likeness (QED) is 0.896. The second-order valence-corrected chi connectivity index (χ2v) is 3.96. The summed E-state index contributed by atoms with van der Waals surface area (Å²) in [5.41, 5.74) is 4.95. The Hall–Kier alpha value is -2.25. The van der Waals surface area contributed by atoms with Crippen LogP contribution in [0.15, 0.2) is 24.7 Å². The standard InChI is InChI=1S/C11H12F3N5/c1-19-3-2-16-10(19)6-17-8-4-9(11(12,13)14)18-5-7(8)15/h2-5H,6,15H2,1H3,(H,17,18). The molecule has 0 bridgehead atoms. The lowest BCUT2D eigenvalue weighted by molar-refractivity contribution is -0.141. The van der Waals surface area contributed by atoms with Crippen LogP contribution < -0.4 is 11.1 Å². The van der Waals surface area contributed by atoms with E-state index in [1.165, 1.54) is 0 Å². The molecule has 2 aromatic rings. The van der Waals surface area contributed by atoms with E-state index in [0.717, 1.165) is 12.3 Å². The van der Waals surface area contributed by atoms with E-state index in [4.69, 9.17) is 5.73 Å². The molecule has 0 unspecified atom stereocenters. The third-order valence-electron chi connectivity index (χ3n) is 2.58. The lowest BCUT2D eigenvalue weighted by Gasteiger charge is -2.12. The zero-order valence-corrected chi connectivity index (χ0v) is 10.1. The third kappa shape index (κ3) is 2.95. The molecule has 8 heteroatoms. The van der Waals surface area contributed by atoms with E-state index >= 15 is 0 Å². The van der Waals surface area contributed by atoms with Crippen molar-refractivity contribution in [2.75, 3.05) is 11.1 Å². The maximum Gasteiger partial charge on any atom is 0.433 e. The van der Waals surface area contributed by atoms with Crippen LogP contribution in [0.5, 0.6) is 0 Å². The summed E-state index contributed by atoms with van der Waals surface area (Å²) in [6.07, 6.45) is -0.154. The molecule has 0 fully saturated rings. The molecule has 2 rings (SSSR count). The van der Waals surface area contributed by atoms with Crippen molar-refractivity contribution in [3.8, 4) is 0 Å². The van der Waals surface area contributed by atoms with Gasteiger partial charge in [-0.2, -0.15) is 13.2 Å². The number of nitrogens with zero attached hydrogens (tertiary/aromatic N) is 3. The molecule has 3 N–H and O–H groups in total. The van der Waals surface area contributed by atoms with Crippen molar-refractivity contribution in [1.29, 1.82) is 0 Å². The van der Waals surface area contributed by atoms with Gasteiger partial charge in [-0.1, -0.05) is 0 Å². The zero-order chi connectivity index (χ0) is 14.0. The number of imidazole rings is 1. The maximum atomic E-state index is 12.5. The summed E-state index contributed by atoms with van der Waals surface area (Å²) in [7, 11) is 1.79. The van der Waals surface area contributed by atoms with Crippen molar-refractivity contribution in [3.05, 3.63) is 36.2 Å². The summed E-state index contributed by atoms with van der Waals surface area (Å²) in [6, 6.07) is 0.887. The van der Waals surface area contributed by atoms with Crippen molar-refractivity contribution < 1.29 is 13.2 Å². The molecule has 0 radical (unpaired) electrons. The van der Waals surface area contributed by atoms with Gasteiger partial charge >= 0.3 is 6.18 Å². The summed E-state index contributed by atoms with van der Waals surface area (Å²) in [4.78, 5) is 7.32. The molecule has 19 heavy (non-hydrogen) atoms. The molecule has 0 amide bonds. The Bertz CT molecular complexity index is 576. The number of pyridine rings is 1. The molecule has 0 aliphatic carbocycles. The van der Waals surface area contributed by atoms with Crippen molar-refractivity contribution in [2.24, 2.45) is 7.05 Å². The topological polar surface area (TPSA) is 68.8 Å². The first-order valence-electron chi connectivity index (χ1n) is 5.40. The summed E-state index contributed by atoms with van der Waals surface area (Å²) in [6.45, 7) is 0.273. The van der Waals surface area contributed by atoms with Crippen molar-refractivity contribution >= 4 is 11.4 Å². The number of hydrogen-bond acceptors (Lipinski definition) is 4. The molecule has 2 aromatic heterocycles. The highest BCUT2D eigenvalue weighted by atomic mass is 19.4. The number of anilines is 2. The van der Waals surface area contributed by atoms with Crippen LogP contribution in [0.1, 0.15) is 11.5 Å². The molecular weight excluding hydrogens is 259 g/mol. The lowest BCUT2D eigenvalue weighted by Crippen LogP contribution is -2.12. The summed E-state index contributed by atoms with van der Waals surface area (Å²) >= 11 is 0. The number of hydrogen-bond donors (Lipinski definition) is 2. The molecule has 102 valence electrons. The van der Waals surface area contributed by atoms with Gasteiger partial charge in [-0.05, 0) is 6.07 Å². The minimum atomic E-state index is -4.49. The molecule has 0 saturated carbocycles. The van der Waals surface area contributed by atoms with Gasteiger partial charge in [-0.15, -0.1) is 0 Å². The van der Waals surface area contributed by atoms with E-state index in [1.54, 1.807) is 24.0 Å². The van der Waals surface area contributed by atoms with Gasteiger partial charge in [0.2, 0.25) is 0 Å². The predicted molar refractivity (Wildman–Crippen MR) is 64.2 cm³/mol. The molecule has 0 spiro atoms. The Labute approximate surface area is 107 Å². The van der Waals surface area contributed by atoms with E-state index < -0.39 is 11.9 Å². The van der Waals surface area contributed by atoms with Crippen molar-refractivity contribution in [1.82, 2.24) is 14.5 Å². The summed E-state index contributed by atoms with van der Waals surface area (Å²) in [5.74, 6) is 0.685. The monoisotopic (exact) mass is 271 g/mol. The van der Waals surface area contributed by atoms with E-state index in [9.17, 15) is 13.2 Å². The fourth-order valence-corrected chi connectivity index (χ4v) is 1.52. The Morgan fingerprint density at radius 2 is 2.11 bits per heavy atom. The van der Waals surface area contributed by atoms with Crippen LogP contribution in [0.3, 0.4) is 0 Å². The Morgan fingerprint density at radius 3 is 2.68 bits per heavy atom. The average molecular weight is 271 g/mol. The van der Waals surface area contributed by atoms with Gasteiger partial charge in [0.1, 0.15) is 11.5 Å². The SMILES string of the molecule is Cn1ccnc1CNc1cc(C(F)(F)F)ncc1N. The second-order valence-electron chi connectivity index (χ2n) is 3.96. The number of alkyl halides is 3. The number of rotatable bonds is 3. The minimum Gasteiger partial charge on any atom is -0.396 e. The predicted octanol–water partition coefficient (Wildman–Crippen LogP) is 2.03. The maximum absolute atomic E-state index is 12.5. The van der Waals surface area contributed by atoms with E-state index in [-0.39, 0.29) is 17.9 Å². The summed E-state index contributed by atoms with van der Waals surface area (Å²) in [5, 5.41) is 2.82. The summed E-state index contributed by atoms with van der Waals surface area (Å²) < 4.78 is 39.3. The van der Waals surface area contributed by atoms with Gasteiger partial charge in [0, 0.05) is 19.4 Å². The zero-order valence-electron chi connectivity index (χ0n) is 10.1. The molecule has 5 nitrogen and oxygen atoms in total. The average Bonchev–Trinajstić information content (AvgIpc) is 2.72. The fraction of sp³-hybridized carbons (Fsp3) is 0.273. The van der Waals surface area contributed by atoms with Gasteiger partial charge in [0.15, 0.2) is 0 Å². The highest BCUT2D eigenvalue weighted by Crippen LogP contribution is 2.31. The van der Waals surface area contributed by atoms with E-state index in [2.05, 4.69) is 15.3 Å². The molecular formula is C11H12F3N5. The number of nitrogens with one attached hydrogen (secondary N) is 1. The number of aryl methyl sites for hydroxylation is 1. The van der Waals surface area contributed by atoms with Crippen LogP contribution in [0.2, 0.25) is 0 Å². The number of halogens is 3. The van der Waals surface area contributed by atoms with Gasteiger partial charge < -0.3 is 15.6 Å². The molecule has 0 aromatic carbocycles. The third-order valence-corrected chi connectivity index (χ3v) is 2.58. The Kier molecular flexibility index (Phi) is 3.32. The van der Waals surface area contributed by atoms with Crippen LogP contribution in [-0.4, -0.2) is 14.5 Å². The van der Waals surface area contributed by atoms with Gasteiger partial charge in [0.05, 0.1) is 24.1 Å². The van der Waals surface area contributed by atoms with Gasteiger partial charge in [-0.25, -0.2) is 9.97 Å². The van der Waals surface area contributed by atoms with Crippen LogP contribution >= 0.6 is 0 Å². The second kappa shape index (κ2) is 4.79. The van der Waals surface area contributed by atoms with Crippen molar-refractivity contribution in [3.63, 3.8) is 0 Å². The first-order chi connectivity index (χ1) is 8.88. The van der Waals surface area contributed by atoms with Gasteiger partial charge in [0.25, 0.3) is 0 Å². The number of aromatic nitrogens is 3. The first kappa shape index (κ1) is 13.2. The van der Waals surface area contributed by atoms with Crippen LogP contribution in [0, 0.1) is 0 Å². The Morgan fingerprint density at radius 1 is 1.37 bits per heavy atom. The Balaban J connectivity index is 2.18. The van der Waals surface area contributed by atoms with Crippen molar-refractivity contribution in [2.45, 2.75) is 12.7 Å². The molecule has 2 heterocycles. The van der Waals surface area contributed by atoms with Crippen LogP contribution in [0.4, 0.5) is 24.5 Å². The lowest BCUT2D eigenvalue weighted by atomic mass is 10.2. The number of nitrogen functional groups attached to an aromatic ring is 1. The number of nitrogens with two attached hydrogens (primary N) is 1. The highest BCUT2D eigenvalue weighted by Gasteiger charge is 2.32. The van der Waals surface area contributed by atoms with Gasteiger partial charge in [-0.3, -0.25) is 0 Å². The molecule has 0 saturated heterocycles. The highest BCUT2D eigenvalue weighted by molar-refractivity contribution is 5.65. The normalized spacial score (nSPS) is 11.6. The first-order valence-corrected chi connectivity index (χ1v) is 5.40. The van der Waals surface area contributed by atoms with E-state index in [0.29, 0.717) is 5.82 Å². The van der Waals surface area contributed by atoms with Crippen LogP contribution in [0.25, 0.3) is 0 Å². The molecule has 0 aliphatic rings.